The van der Waals surface area contributed by atoms with E-state index in [0.717, 1.165) is 0 Å². The van der Waals surface area contributed by atoms with Gasteiger partial charge in [-0.2, -0.15) is 0 Å². The number of aryl methyl sites for hydroxylation is 1. The molecule has 0 saturated carbocycles. The van der Waals surface area contributed by atoms with E-state index in [2.05, 4.69) is 43.2 Å². The molecule has 1 aromatic heterocycles. The Morgan fingerprint density at radius 3 is 2.86 bits per heavy atom. The Labute approximate surface area is 129 Å². The fourth-order valence-electron chi connectivity index (χ4n) is 4.58. The van der Waals surface area contributed by atoms with Crippen molar-refractivity contribution < 1.29 is 0 Å². The van der Waals surface area contributed by atoms with Crippen LogP contribution >= 0.6 is 0 Å². The van der Waals surface area contributed by atoms with E-state index in [-0.39, 0.29) is 5.54 Å². The Bertz CT molecular complexity index is 481. The molecule has 0 radical (unpaired) electrons. The van der Waals surface area contributed by atoms with E-state index in [1.54, 1.807) is 0 Å². The van der Waals surface area contributed by atoms with Crippen molar-refractivity contribution in [2.24, 2.45) is 0 Å². The monoisotopic (exact) mass is 287 g/mol. The lowest BCUT2D eigenvalue weighted by atomic mass is 9.78. The Morgan fingerprint density at radius 1 is 1.43 bits per heavy atom. The topological polar surface area (TPSA) is 28.2 Å². The smallest absolute Gasteiger partial charge is 0.0482 e. The normalized spacial score (nSPS) is 26.5. The van der Waals surface area contributed by atoms with Gasteiger partial charge < -0.3 is 5.32 Å². The zero-order valence-electron chi connectivity index (χ0n) is 13.7. The third-order valence-electron chi connectivity index (χ3n) is 5.93. The molecule has 3 atom stereocenters. The van der Waals surface area contributed by atoms with Crippen molar-refractivity contribution in [2.45, 2.75) is 63.5 Å². The molecule has 1 fully saturated rings. The van der Waals surface area contributed by atoms with Gasteiger partial charge in [0, 0.05) is 29.4 Å². The van der Waals surface area contributed by atoms with Crippen LogP contribution in [0.5, 0.6) is 0 Å². The van der Waals surface area contributed by atoms with E-state index in [9.17, 15) is 0 Å². The van der Waals surface area contributed by atoms with Gasteiger partial charge in [0.2, 0.25) is 0 Å². The number of hydrogen-bond acceptors (Lipinski definition) is 3. The summed E-state index contributed by atoms with van der Waals surface area (Å²) >= 11 is 0. The molecule has 1 saturated heterocycles. The summed E-state index contributed by atoms with van der Waals surface area (Å²) in [6.45, 7) is 7.31. The number of aromatic nitrogens is 1. The first-order chi connectivity index (χ1) is 10.2. The van der Waals surface area contributed by atoms with Crippen LogP contribution in [0.1, 0.15) is 56.7 Å². The zero-order valence-corrected chi connectivity index (χ0v) is 13.7. The van der Waals surface area contributed by atoms with Crippen molar-refractivity contribution in [3.8, 4) is 0 Å². The maximum absolute atomic E-state index is 4.73. The van der Waals surface area contributed by atoms with Gasteiger partial charge in [-0.3, -0.25) is 9.88 Å². The highest BCUT2D eigenvalue weighted by Gasteiger charge is 2.44. The lowest BCUT2D eigenvalue weighted by molar-refractivity contribution is 0.0747. The largest absolute Gasteiger partial charge is 0.315 e. The molecule has 3 unspecified atom stereocenters. The van der Waals surface area contributed by atoms with Crippen LogP contribution in [0, 0.1) is 0 Å². The molecule has 1 aliphatic carbocycles. The number of hydrogen-bond donors (Lipinski definition) is 1. The van der Waals surface area contributed by atoms with Crippen molar-refractivity contribution in [1.82, 2.24) is 15.2 Å². The molecule has 0 bridgehead atoms. The van der Waals surface area contributed by atoms with E-state index < -0.39 is 0 Å². The Hall–Kier alpha value is -0.930. The van der Waals surface area contributed by atoms with Crippen LogP contribution in [0.3, 0.4) is 0 Å². The zero-order chi connectivity index (χ0) is 14.9. The SMILES string of the molecule is CCC(C)(C(NC)C1CCc2cccnc21)N1CCCC1. The Balaban J connectivity index is 1.90. The lowest BCUT2D eigenvalue weighted by Crippen LogP contribution is -2.59. The van der Waals surface area contributed by atoms with E-state index >= 15 is 0 Å². The molecule has 3 nitrogen and oxygen atoms in total. The molecule has 21 heavy (non-hydrogen) atoms. The second-order valence-corrected chi connectivity index (χ2v) is 6.86. The molecular formula is C18H29N3. The predicted molar refractivity (Wildman–Crippen MR) is 87.6 cm³/mol. The fraction of sp³-hybridized carbons (Fsp3) is 0.722. The number of nitrogens with one attached hydrogen (secondary N) is 1. The Morgan fingerprint density at radius 2 is 2.19 bits per heavy atom. The number of likely N-dealkylation sites (tertiary alicyclic amines) is 1. The minimum Gasteiger partial charge on any atom is -0.315 e. The summed E-state index contributed by atoms with van der Waals surface area (Å²) in [6, 6.07) is 4.82. The van der Waals surface area contributed by atoms with Crippen molar-refractivity contribution in [3.05, 3.63) is 29.6 Å². The number of likely N-dealkylation sites (N-methyl/N-ethyl adjacent to an activating group) is 1. The summed E-state index contributed by atoms with van der Waals surface area (Å²) in [5, 5.41) is 3.67. The summed E-state index contributed by atoms with van der Waals surface area (Å²) in [6.07, 6.45) is 8.28. The summed E-state index contributed by atoms with van der Waals surface area (Å²) < 4.78 is 0. The highest BCUT2D eigenvalue weighted by molar-refractivity contribution is 5.31. The van der Waals surface area contributed by atoms with Crippen LogP contribution in [0.15, 0.2) is 18.3 Å². The second-order valence-electron chi connectivity index (χ2n) is 6.86. The molecule has 0 spiro atoms. The molecule has 1 aliphatic heterocycles. The maximum atomic E-state index is 4.73. The minimum atomic E-state index is 0.231. The van der Waals surface area contributed by atoms with Gasteiger partial charge in [-0.25, -0.2) is 0 Å². The quantitative estimate of drug-likeness (QED) is 0.902. The van der Waals surface area contributed by atoms with Crippen molar-refractivity contribution in [1.29, 1.82) is 0 Å². The summed E-state index contributed by atoms with van der Waals surface area (Å²) in [5.74, 6) is 0.553. The summed E-state index contributed by atoms with van der Waals surface area (Å²) in [5.41, 5.74) is 3.04. The van der Waals surface area contributed by atoms with Gasteiger partial charge in [0.05, 0.1) is 0 Å². The van der Waals surface area contributed by atoms with Crippen LogP contribution < -0.4 is 5.32 Å². The standard InChI is InChI=1S/C18H29N3/c1-4-18(2,21-12-5-6-13-21)17(19-3)15-10-9-14-8-7-11-20-16(14)15/h7-8,11,15,17,19H,4-6,9-10,12-13H2,1-3H3. The molecule has 0 aromatic carbocycles. The average Bonchev–Trinajstić information content (AvgIpc) is 3.18. The van der Waals surface area contributed by atoms with E-state index in [1.165, 1.54) is 56.5 Å². The van der Waals surface area contributed by atoms with Gasteiger partial charge in [-0.05, 0) is 70.8 Å². The first kappa shape index (κ1) is 15.0. The number of rotatable bonds is 5. The van der Waals surface area contributed by atoms with Gasteiger partial charge in [0.15, 0.2) is 0 Å². The lowest BCUT2D eigenvalue weighted by Gasteiger charge is -2.47. The number of pyridine rings is 1. The third-order valence-corrected chi connectivity index (χ3v) is 5.93. The first-order valence-corrected chi connectivity index (χ1v) is 8.57. The first-order valence-electron chi connectivity index (χ1n) is 8.57. The molecule has 3 heteroatoms. The van der Waals surface area contributed by atoms with E-state index in [0.29, 0.717) is 12.0 Å². The molecule has 3 rings (SSSR count). The van der Waals surface area contributed by atoms with Crippen LogP contribution in [-0.4, -0.2) is 41.6 Å². The number of fused-ring (bicyclic) bond motifs is 1. The van der Waals surface area contributed by atoms with E-state index in [4.69, 9.17) is 4.98 Å². The maximum Gasteiger partial charge on any atom is 0.0482 e. The predicted octanol–water partition coefficient (Wildman–Crippen LogP) is 2.96. The van der Waals surface area contributed by atoms with Crippen LogP contribution in [0.25, 0.3) is 0 Å². The molecule has 116 valence electrons. The van der Waals surface area contributed by atoms with Crippen molar-refractivity contribution in [2.75, 3.05) is 20.1 Å². The van der Waals surface area contributed by atoms with Gasteiger partial charge in [0.25, 0.3) is 0 Å². The Kier molecular flexibility index (Phi) is 4.32. The second kappa shape index (κ2) is 6.05. The van der Waals surface area contributed by atoms with Crippen molar-refractivity contribution >= 4 is 0 Å². The average molecular weight is 287 g/mol. The van der Waals surface area contributed by atoms with Crippen LogP contribution in [0.2, 0.25) is 0 Å². The number of nitrogens with zero attached hydrogens (tertiary/aromatic N) is 2. The van der Waals surface area contributed by atoms with E-state index in [1.807, 2.05) is 6.20 Å². The molecule has 2 heterocycles. The van der Waals surface area contributed by atoms with Crippen molar-refractivity contribution in [3.63, 3.8) is 0 Å². The fourth-order valence-corrected chi connectivity index (χ4v) is 4.58. The van der Waals surface area contributed by atoms with Gasteiger partial charge in [-0.1, -0.05) is 13.0 Å². The highest BCUT2D eigenvalue weighted by Crippen LogP contribution is 2.41. The molecular weight excluding hydrogens is 258 g/mol. The molecule has 1 N–H and O–H groups in total. The van der Waals surface area contributed by atoms with Crippen LogP contribution in [-0.2, 0) is 6.42 Å². The van der Waals surface area contributed by atoms with Gasteiger partial charge >= 0.3 is 0 Å². The van der Waals surface area contributed by atoms with Crippen LogP contribution in [0.4, 0.5) is 0 Å². The third kappa shape index (κ3) is 2.51. The summed E-state index contributed by atoms with van der Waals surface area (Å²) in [4.78, 5) is 7.44. The summed E-state index contributed by atoms with van der Waals surface area (Å²) in [7, 11) is 2.13. The highest BCUT2D eigenvalue weighted by atomic mass is 15.2. The van der Waals surface area contributed by atoms with Gasteiger partial charge in [0.1, 0.15) is 0 Å². The van der Waals surface area contributed by atoms with Gasteiger partial charge in [-0.15, -0.1) is 0 Å². The molecule has 0 amide bonds. The minimum absolute atomic E-state index is 0.231. The molecule has 1 aromatic rings. The molecule has 2 aliphatic rings.